The number of sulfonamides is 1. The molecule has 1 aliphatic carbocycles. The first kappa shape index (κ1) is 20.3. The third-order valence-corrected chi connectivity index (χ3v) is 5.90. The van der Waals surface area contributed by atoms with Crippen LogP contribution in [0.3, 0.4) is 0 Å². The number of ether oxygens (including phenoxy) is 2. The highest BCUT2D eigenvalue weighted by Gasteiger charge is 2.45. The van der Waals surface area contributed by atoms with Gasteiger partial charge < -0.3 is 9.47 Å². The number of carbonyl (C=O) groups is 1. The minimum atomic E-state index is -3.76. The van der Waals surface area contributed by atoms with E-state index in [1.54, 1.807) is 18.2 Å². The largest absolute Gasteiger partial charge is 0.490 e. The Morgan fingerprint density at radius 3 is 2.29 bits per heavy atom. The van der Waals surface area contributed by atoms with Gasteiger partial charge in [-0.2, -0.15) is 0 Å². The van der Waals surface area contributed by atoms with Gasteiger partial charge in [-0.1, -0.05) is 31.0 Å². The van der Waals surface area contributed by atoms with Crippen LogP contribution in [0, 0.1) is 5.82 Å². The maximum absolute atomic E-state index is 14.3. The Morgan fingerprint density at radius 1 is 1.04 bits per heavy atom. The molecule has 150 valence electrons. The van der Waals surface area contributed by atoms with Crippen LogP contribution >= 0.6 is 0 Å². The Morgan fingerprint density at radius 2 is 1.68 bits per heavy atom. The van der Waals surface area contributed by atoms with E-state index in [1.165, 1.54) is 30.3 Å². The Hall–Kier alpha value is -2.45. The molecule has 0 bridgehead atoms. The fraction of sp³-hybridized carbons (Fsp3) is 0.350. The monoisotopic (exact) mass is 407 g/mol. The lowest BCUT2D eigenvalue weighted by Gasteiger charge is -2.27. The van der Waals surface area contributed by atoms with Crippen molar-refractivity contribution >= 4 is 16.0 Å². The molecule has 0 aliphatic heterocycles. The van der Waals surface area contributed by atoms with Crippen LogP contribution in [-0.4, -0.2) is 27.6 Å². The van der Waals surface area contributed by atoms with Crippen LogP contribution in [-0.2, 0) is 25.0 Å². The molecule has 0 aromatic heterocycles. The van der Waals surface area contributed by atoms with Crippen molar-refractivity contribution in [1.82, 2.24) is 0 Å². The summed E-state index contributed by atoms with van der Waals surface area (Å²) in [6, 6.07) is 11.9. The topological polar surface area (TPSA) is 95.7 Å². The van der Waals surface area contributed by atoms with Crippen LogP contribution in [0.25, 0.3) is 0 Å². The van der Waals surface area contributed by atoms with Gasteiger partial charge in [0, 0.05) is 5.56 Å². The summed E-state index contributed by atoms with van der Waals surface area (Å²) in [6.07, 6.45) is 2.80. The molecule has 28 heavy (non-hydrogen) atoms. The van der Waals surface area contributed by atoms with Crippen molar-refractivity contribution in [3.05, 3.63) is 59.9 Å². The highest BCUT2D eigenvalue weighted by Crippen LogP contribution is 2.43. The lowest BCUT2D eigenvalue weighted by Crippen LogP contribution is -2.36. The molecule has 2 aromatic rings. The van der Waals surface area contributed by atoms with Gasteiger partial charge in [-0.15, -0.1) is 0 Å². The standard InChI is InChI=1S/C20H22FNO5S/c21-18-6-2-1-5-17(18)20(11-3-4-12-20)19(23)27-14-13-26-15-7-9-16(10-8-15)28(22,24)25/h1-2,5-10H,3-4,11-14H2,(H2,22,24,25). The van der Waals surface area contributed by atoms with Gasteiger partial charge in [0.25, 0.3) is 0 Å². The molecule has 1 aliphatic rings. The molecular formula is C20H22FNO5S. The molecule has 0 radical (unpaired) electrons. The zero-order chi connectivity index (χ0) is 20.2. The maximum atomic E-state index is 14.3. The smallest absolute Gasteiger partial charge is 0.316 e. The predicted octanol–water partition coefficient (Wildman–Crippen LogP) is 2.91. The van der Waals surface area contributed by atoms with Crippen LogP contribution in [0.5, 0.6) is 5.75 Å². The van der Waals surface area contributed by atoms with E-state index in [1.807, 2.05) is 0 Å². The maximum Gasteiger partial charge on any atom is 0.316 e. The van der Waals surface area contributed by atoms with Gasteiger partial charge in [-0.25, -0.2) is 17.9 Å². The van der Waals surface area contributed by atoms with Crippen molar-refractivity contribution in [3.63, 3.8) is 0 Å². The lowest BCUT2D eigenvalue weighted by atomic mass is 9.78. The fourth-order valence-corrected chi connectivity index (χ4v) is 4.08. The molecule has 0 spiro atoms. The van der Waals surface area contributed by atoms with E-state index in [0.29, 0.717) is 24.2 Å². The fourth-order valence-electron chi connectivity index (χ4n) is 3.57. The molecule has 0 saturated heterocycles. The number of hydrogen-bond acceptors (Lipinski definition) is 5. The zero-order valence-corrected chi connectivity index (χ0v) is 16.1. The van der Waals surface area contributed by atoms with Crippen molar-refractivity contribution in [1.29, 1.82) is 0 Å². The molecule has 1 fully saturated rings. The first-order valence-electron chi connectivity index (χ1n) is 9.01. The highest BCUT2D eigenvalue weighted by atomic mass is 32.2. The molecular weight excluding hydrogens is 385 g/mol. The predicted molar refractivity (Wildman–Crippen MR) is 101 cm³/mol. The average molecular weight is 407 g/mol. The average Bonchev–Trinajstić information content (AvgIpc) is 3.16. The van der Waals surface area contributed by atoms with Crippen molar-refractivity contribution in [2.45, 2.75) is 36.0 Å². The van der Waals surface area contributed by atoms with Crippen molar-refractivity contribution in [2.24, 2.45) is 5.14 Å². The molecule has 0 atom stereocenters. The molecule has 0 amide bonds. The van der Waals surface area contributed by atoms with Gasteiger partial charge in [0.1, 0.15) is 24.8 Å². The van der Waals surface area contributed by atoms with Crippen LogP contribution in [0.1, 0.15) is 31.2 Å². The van der Waals surface area contributed by atoms with E-state index < -0.39 is 27.2 Å². The van der Waals surface area contributed by atoms with Crippen LogP contribution in [0.15, 0.2) is 53.4 Å². The molecule has 2 aromatic carbocycles. The van der Waals surface area contributed by atoms with E-state index in [2.05, 4.69) is 0 Å². The normalized spacial score (nSPS) is 15.9. The van der Waals surface area contributed by atoms with Crippen molar-refractivity contribution < 1.29 is 27.1 Å². The molecule has 0 unspecified atom stereocenters. The van der Waals surface area contributed by atoms with Gasteiger partial charge in [0.2, 0.25) is 10.0 Å². The van der Waals surface area contributed by atoms with Gasteiger partial charge in [0.05, 0.1) is 10.3 Å². The van der Waals surface area contributed by atoms with E-state index in [-0.39, 0.29) is 18.1 Å². The first-order chi connectivity index (χ1) is 13.3. The quantitative estimate of drug-likeness (QED) is 0.562. The molecule has 2 N–H and O–H groups in total. The second kappa shape index (κ2) is 8.28. The zero-order valence-electron chi connectivity index (χ0n) is 15.3. The summed E-state index contributed by atoms with van der Waals surface area (Å²) in [5.74, 6) is -0.413. The summed E-state index contributed by atoms with van der Waals surface area (Å²) in [4.78, 5) is 12.7. The van der Waals surface area contributed by atoms with Crippen LogP contribution < -0.4 is 9.88 Å². The number of hydrogen-bond donors (Lipinski definition) is 1. The molecule has 0 heterocycles. The second-order valence-electron chi connectivity index (χ2n) is 6.77. The van der Waals surface area contributed by atoms with Gasteiger partial charge in [-0.05, 0) is 43.2 Å². The highest BCUT2D eigenvalue weighted by molar-refractivity contribution is 7.89. The number of rotatable bonds is 7. The van der Waals surface area contributed by atoms with E-state index >= 15 is 0 Å². The minimum absolute atomic E-state index is 0.00593. The molecule has 8 heteroatoms. The first-order valence-corrected chi connectivity index (χ1v) is 10.6. The van der Waals surface area contributed by atoms with Crippen LogP contribution in [0.4, 0.5) is 4.39 Å². The third kappa shape index (κ3) is 4.34. The summed E-state index contributed by atoms with van der Waals surface area (Å²) in [5.41, 5.74) is -0.556. The summed E-state index contributed by atoms with van der Waals surface area (Å²) >= 11 is 0. The summed E-state index contributed by atoms with van der Waals surface area (Å²) in [6.45, 7) is 0.0970. The summed E-state index contributed by atoms with van der Waals surface area (Å²) < 4.78 is 47.6. The summed E-state index contributed by atoms with van der Waals surface area (Å²) in [5, 5.41) is 5.04. The minimum Gasteiger partial charge on any atom is -0.490 e. The number of primary sulfonamides is 1. The van der Waals surface area contributed by atoms with E-state index in [9.17, 15) is 17.6 Å². The number of esters is 1. The number of nitrogens with two attached hydrogens (primary N) is 1. The number of carbonyl (C=O) groups excluding carboxylic acids is 1. The Kier molecular flexibility index (Phi) is 6.00. The molecule has 6 nitrogen and oxygen atoms in total. The third-order valence-electron chi connectivity index (χ3n) is 4.97. The Bertz CT molecular complexity index is 937. The molecule has 3 rings (SSSR count). The Balaban J connectivity index is 1.58. The van der Waals surface area contributed by atoms with E-state index in [0.717, 1.165) is 12.8 Å². The molecule has 1 saturated carbocycles. The van der Waals surface area contributed by atoms with Gasteiger partial charge in [-0.3, -0.25) is 4.79 Å². The lowest BCUT2D eigenvalue weighted by molar-refractivity contribution is -0.151. The van der Waals surface area contributed by atoms with Crippen LogP contribution in [0.2, 0.25) is 0 Å². The second-order valence-corrected chi connectivity index (χ2v) is 8.33. The van der Waals surface area contributed by atoms with Crippen molar-refractivity contribution in [3.8, 4) is 5.75 Å². The number of halogens is 1. The summed E-state index contributed by atoms with van der Waals surface area (Å²) in [7, 11) is -3.76. The van der Waals surface area contributed by atoms with Gasteiger partial charge >= 0.3 is 5.97 Å². The Labute approximate surface area is 163 Å². The van der Waals surface area contributed by atoms with Gasteiger partial charge in [0.15, 0.2) is 0 Å². The van der Waals surface area contributed by atoms with E-state index in [4.69, 9.17) is 14.6 Å². The SMILES string of the molecule is NS(=O)(=O)c1ccc(OCCOC(=O)C2(c3ccccc3F)CCCC2)cc1. The van der Waals surface area contributed by atoms with Crippen molar-refractivity contribution in [2.75, 3.05) is 13.2 Å². The number of benzene rings is 2.